The van der Waals surface area contributed by atoms with Crippen LogP contribution < -0.4 is 11.1 Å². The Bertz CT molecular complexity index is 481. The predicted molar refractivity (Wildman–Crippen MR) is 81.0 cm³/mol. The number of nitriles is 1. The fourth-order valence-corrected chi connectivity index (χ4v) is 1.95. The SMILES string of the molecule is CC(C#N)CN(C)CCCC(=O)Nc1cccc(N)c1. The molecule has 0 radical (unpaired) electrons. The van der Waals surface area contributed by atoms with Crippen molar-refractivity contribution in [3.05, 3.63) is 24.3 Å². The number of nitrogens with zero attached hydrogens (tertiary/aromatic N) is 2. The zero-order chi connectivity index (χ0) is 15.0. The Balaban J connectivity index is 2.25. The summed E-state index contributed by atoms with van der Waals surface area (Å²) < 4.78 is 0. The Hall–Kier alpha value is -2.06. The second-order valence-corrected chi connectivity index (χ2v) is 5.07. The molecule has 1 rings (SSSR count). The number of hydrogen-bond donors (Lipinski definition) is 2. The molecule has 108 valence electrons. The molecule has 1 aromatic carbocycles. The molecule has 0 bridgehead atoms. The summed E-state index contributed by atoms with van der Waals surface area (Å²) in [7, 11) is 1.96. The first-order valence-electron chi connectivity index (χ1n) is 6.75. The van der Waals surface area contributed by atoms with Crippen molar-refractivity contribution in [3.8, 4) is 6.07 Å². The van der Waals surface area contributed by atoms with Crippen LogP contribution in [0.1, 0.15) is 19.8 Å². The second kappa shape index (κ2) is 8.18. The molecule has 0 saturated heterocycles. The molecule has 1 amide bonds. The standard InChI is InChI=1S/C15H22N4O/c1-12(10-16)11-19(2)8-4-7-15(20)18-14-6-3-5-13(17)9-14/h3,5-6,9,12H,4,7-8,11,17H2,1-2H3,(H,18,20). The number of anilines is 2. The van der Waals surface area contributed by atoms with Crippen molar-refractivity contribution in [1.82, 2.24) is 4.90 Å². The molecular weight excluding hydrogens is 252 g/mol. The van der Waals surface area contributed by atoms with E-state index in [0.717, 1.165) is 25.2 Å². The van der Waals surface area contributed by atoms with Gasteiger partial charge in [-0.05, 0) is 45.1 Å². The van der Waals surface area contributed by atoms with Crippen LogP contribution in [0.2, 0.25) is 0 Å². The van der Waals surface area contributed by atoms with Crippen LogP contribution in [0.4, 0.5) is 11.4 Å². The van der Waals surface area contributed by atoms with Crippen LogP contribution in [0.15, 0.2) is 24.3 Å². The van der Waals surface area contributed by atoms with Crippen molar-refractivity contribution in [2.24, 2.45) is 5.92 Å². The molecule has 5 heteroatoms. The lowest BCUT2D eigenvalue weighted by molar-refractivity contribution is -0.116. The van der Waals surface area contributed by atoms with E-state index in [2.05, 4.69) is 16.3 Å². The van der Waals surface area contributed by atoms with Crippen molar-refractivity contribution >= 4 is 17.3 Å². The van der Waals surface area contributed by atoms with Crippen LogP contribution in [0.5, 0.6) is 0 Å². The van der Waals surface area contributed by atoms with Gasteiger partial charge in [-0.15, -0.1) is 0 Å². The first-order valence-corrected chi connectivity index (χ1v) is 6.75. The van der Waals surface area contributed by atoms with Crippen LogP contribution in [-0.2, 0) is 4.79 Å². The number of nitrogens with one attached hydrogen (secondary N) is 1. The molecule has 3 N–H and O–H groups in total. The number of rotatable bonds is 7. The topological polar surface area (TPSA) is 82.2 Å². The number of carbonyl (C=O) groups is 1. The summed E-state index contributed by atoms with van der Waals surface area (Å²) in [4.78, 5) is 13.8. The Kier molecular flexibility index (Phi) is 6.54. The van der Waals surface area contributed by atoms with Gasteiger partial charge >= 0.3 is 0 Å². The average molecular weight is 274 g/mol. The van der Waals surface area contributed by atoms with E-state index in [1.807, 2.05) is 26.1 Å². The van der Waals surface area contributed by atoms with Crippen LogP contribution >= 0.6 is 0 Å². The van der Waals surface area contributed by atoms with E-state index in [9.17, 15) is 4.79 Å². The molecule has 0 saturated carbocycles. The monoisotopic (exact) mass is 274 g/mol. The van der Waals surface area contributed by atoms with Crippen LogP contribution in [-0.4, -0.2) is 30.9 Å². The van der Waals surface area contributed by atoms with Crippen LogP contribution in [0, 0.1) is 17.2 Å². The number of hydrogen-bond acceptors (Lipinski definition) is 4. The Morgan fingerprint density at radius 1 is 1.55 bits per heavy atom. The molecule has 1 atom stereocenters. The molecule has 0 aliphatic heterocycles. The van der Waals surface area contributed by atoms with Gasteiger partial charge in [0.1, 0.15) is 0 Å². The molecule has 0 heterocycles. The average Bonchev–Trinajstić information content (AvgIpc) is 2.38. The van der Waals surface area contributed by atoms with Gasteiger partial charge in [0.2, 0.25) is 5.91 Å². The van der Waals surface area contributed by atoms with E-state index < -0.39 is 0 Å². The first kappa shape index (κ1) is 16.0. The minimum absolute atomic E-state index is 0.0149. The third kappa shape index (κ3) is 6.21. The van der Waals surface area contributed by atoms with E-state index in [-0.39, 0.29) is 11.8 Å². The summed E-state index contributed by atoms with van der Waals surface area (Å²) in [5.41, 5.74) is 7.01. The zero-order valence-corrected chi connectivity index (χ0v) is 12.1. The highest BCUT2D eigenvalue weighted by Crippen LogP contribution is 2.12. The highest BCUT2D eigenvalue weighted by atomic mass is 16.1. The van der Waals surface area contributed by atoms with E-state index in [1.54, 1.807) is 12.1 Å². The minimum atomic E-state index is -0.0164. The molecular formula is C15H22N4O. The van der Waals surface area contributed by atoms with Crippen LogP contribution in [0.25, 0.3) is 0 Å². The lowest BCUT2D eigenvalue weighted by atomic mass is 10.2. The quantitative estimate of drug-likeness (QED) is 0.746. The normalized spacial score (nSPS) is 11.9. The molecule has 1 unspecified atom stereocenters. The fourth-order valence-electron chi connectivity index (χ4n) is 1.95. The number of carbonyl (C=O) groups excluding carboxylic acids is 1. The van der Waals surface area contributed by atoms with Gasteiger partial charge in [-0.1, -0.05) is 6.07 Å². The maximum Gasteiger partial charge on any atom is 0.224 e. The van der Waals surface area contributed by atoms with Gasteiger partial charge in [-0.3, -0.25) is 4.79 Å². The third-order valence-electron chi connectivity index (χ3n) is 2.92. The Morgan fingerprint density at radius 3 is 2.95 bits per heavy atom. The summed E-state index contributed by atoms with van der Waals surface area (Å²) >= 11 is 0. The fraction of sp³-hybridized carbons (Fsp3) is 0.467. The van der Waals surface area contributed by atoms with E-state index >= 15 is 0 Å². The summed E-state index contributed by atoms with van der Waals surface area (Å²) in [5, 5.41) is 11.6. The second-order valence-electron chi connectivity index (χ2n) is 5.07. The van der Waals surface area contributed by atoms with Gasteiger partial charge in [0.05, 0.1) is 12.0 Å². The molecule has 0 aliphatic carbocycles. The predicted octanol–water partition coefficient (Wildman–Crippen LogP) is 2.08. The largest absolute Gasteiger partial charge is 0.399 e. The maximum atomic E-state index is 11.8. The zero-order valence-electron chi connectivity index (χ0n) is 12.1. The molecule has 0 aliphatic rings. The summed E-state index contributed by atoms with van der Waals surface area (Å²) in [6.45, 7) is 3.42. The molecule has 0 aromatic heterocycles. The highest BCUT2D eigenvalue weighted by molar-refractivity contribution is 5.91. The van der Waals surface area contributed by atoms with Gasteiger partial charge in [-0.2, -0.15) is 5.26 Å². The van der Waals surface area contributed by atoms with Gasteiger partial charge in [-0.25, -0.2) is 0 Å². The molecule has 5 nitrogen and oxygen atoms in total. The Morgan fingerprint density at radius 2 is 2.30 bits per heavy atom. The molecule has 20 heavy (non-hydrogen) atoms. The van der Waals surface area contributed by atoms with Crippen LogP contribution in [0.3, 0.4) is 0 Å². The van der Waals surface area contributed by atoms with E-state index in [1.165, 1.54) is 0 Å². The maximum absolute atomic E-state index is 11.8. The number of nitrogen functional groups attached to an aromatic ring is 1. The van der Waals surface area contributed by atoms with Gasteiger partial charge < -0.3 is 16.0 Å². The van der Waals surface area contributed by atoms with Crippen molar-refractivity contribution in [2.45, 2.75) is 19.8 Å². The van der Waals surface area contributed by atoms with Gasteiger partial charge in [0.25, 0.3) is 0 Å². The van der Waals surface area contributed by atoms with Crippen molar-refractivity contribution in [3.63, 3.8) is 0 Å². The van der Waals surface area contributed by atoms with Crippen molar-refractivity contribution < 1.29 is 4.79 Å². The van der Waals surface area contributed by atoms with Gasteiger partial charge in [0, 0.05) is 24.3 Å². The third-order valence-corrected chi connectivity index (χ3v) is 2.92. The van der Waals surface area contributed by atoms with E-state index in [4.69, 9.17) is 11.0 Å². The van der Waals surface area contributed by atoms with E-state index in [0.29, 0.717) is 12.1 Å². The number of amides is 1. The van der Waals surface area contributed by atoms with Crippen molar-refractivity contribution in [2.75, 3.05) is 31.2 Å². The first-order chi connectivity index (χ1) is 9.51. The number of benzene rings is 1. The summed E-state index contributed by atoms with van der Waals surface area (Å²) in [5.74, 6) is -0.00143. The smallest absolute Gasteiger partial charge is 0.224 e. The van der Waals surface area contributed by atoms with Crippen molar-refractivity contribution in [1.29, 1.82) is 5.26 Å². The minimum Gasteiger partial charge on any atom is -0.399 e. The Labute approximate surface area is 120 Å². The summed E-state index contributed by atoms with van der Waals surface area (Å²) in [6, 6.07) is 9.34. The highest BCUT2D eigenvalue weighted by Gasteiger charge is 2.07. The summed E-state index contributed by atoms with van der Waals surface area (Å²) in [6.07, 6.45) is 1.23. The molecule has 0 spiro atoms. The van der Waals surface area contributed by atoms with Gasteiger partial charge in [0.15, 0.2) is 0 Å². The molecule has 1 aromatic rings. The lowest BCUT2D eigenvalue weighted by Crippen LogP contribution is -2.25. The molecule has 0 fully saturated rings. The lowest BCUT2D eigenvalue weighted by Gasteiger charge is -2.17. The number of nitrogens with two attached hydrogens (primary N) is 1.